The number of nitrogens with one attached hydrogen (secondary N) is 2. The van der Waals surface area contributed by atoms with Crippen molar-refractivity contribution >= 4 is 5.91 Å². The number of hydrogen-bond acceptors (Lipinski definition) is 3. The Kier molecular flexibility index (Phi) is 5.11. The molecule has 0 bridgehead atoms. The van der Waals surface area contributed by atoms with Gasteiger partial charge in [-0.3, -0.25) is 9.89 Å². The van der Waals surface area contributed by atoms with E-state index in [4.69, 9.17) is 0 Å². The Hall–Kier alpha value is -3.03. The van der Waals surface area contributed by atoms with Gasteiger partial charge in [-0.2, -0.15) is 5.10 Å². The first-order valence-electron chi connectivity index (χ1n) is 8.21. The molecule has 0 saturated heterocycles. The van der Waals surface area contributed by atoms with E-state index < -0.39 is 17.5 Å². The van der Waals surface area contributed by atoms with E-state index in [1.165, 1.54) is 0 Å². The minimum atomic E-state index is -0.573. The van der Waals surface area contributed by atoms with Gasteiger partial charge in [0.1, 0.15) is 23.2 Å². The second kappa shape index (κ2) is 7.47. The van der Waals surface area contributed by atoms with Gasteiger partial charge >= 0.3 is 0 Å². The third kappa shape index (κ3) is 3.96. The number of aromatic amines is 1. The monoisotopic (exact) mass is 359 g/mol. The van der Waals surface area contributed by atoms with Gasteiger partial charge in [-0.05, 0) is 24.3 Å². The van der Waals surface area contributed by atoms with Crippen LogP contribution in [0.4, 0.5) is 8.78 Å². The maximum atomic E-state index is 13.6. The molecule has 0 fully saturated rings. The molecular weight excluding hydrogens is 340 g/mol. The van der Waals surface area contributed by atoms with Crippen LogP contribution in [-0.4, -0.2) is 25.7 Å². The van der Waals surface area contributed by atoms with Gasteiger partial charge in [0.15, 0.2) is 0 Å². The van der Waals surface area contributed by atoms with Crippen LogP contribution in [0.2, 0.25) is 0 Å². The van der Waals surface area contributed by atoms with E-state index in [9.17, 15) is 13.6 Å². The second-order valence-electron chi connectivity index (χ2n) is 6.26. The minimum Gasteiger partial charge on any atom is -0.346 e. The summed E-state index contributed by atoms with van der Waals surface area (Å²) < 4.78 is 28.7. The molecular formula is C18H19F2N5O. The third-order valence-corrected chi connectivity index (χ3v) is 3.92. The number of imidazole rings is 1. The van der Waals surface area contributed by atoms with Crippen LogP contribution in [-0.2, 0) is 13.1 Å². The molecule has 2 aromatic heterocycles. The molecule has 0 aliphatic heterocycles. The average molecular weight is 359 g/mol. The lowest BCUT2D eigenvalue weighted by atomic mass is 10.2. The highest BCUT2D eigenvalue weighted by molar-refractivity contribution is 5.92. The summed E-state index contributed by atoms with van der Waals surface area (Å²) in [4.78, 5) is 16.5. The molecule has 0 unspecified atom stereocenters. The standard InChI is InChI=1S/C18H19F2N5O/c1-11(2)17-21-5-6-25(17)10-14-8-16(24-23-14)18(26)22-9-12-7-13(19)3-4-15(12)20/h3-8,11H,9-10H2,1-2H3,(H,22,26)(H,23,24). The van der Waals surface area contributed by atoms with Crippen molar-refractivity contribution in [1.29, 1.82) is 0 Å². The van der Waals surface area contributed by atoms with E-state index in [0.29, 0.717) is 6.54 Å². The summed E-state index contributed by atoms with van der Waals surface area (Å²) in [5.41, 5.74) is 1.00. The Balaban J connectivity index is 1.64. The van der Waals surface area contributed by atoms with Crippen molar-refractivity contribution < 1.29 is 13.6 Å². The highest BCUT2D eigenvalue weighted by Gasteiger charge is 2.13. The number of halogens is 2. The van der Waals surface area contributed by atoms with Crippen molar-refractivity contribution in [3.8, 4) is 0 Å². The van der Waals surface area contributed by atoms with Crippen molar-refractivity contribution in [2.75, 3.05) is 0 Å². The van der Waals surface area contributed by atoms with Gasteiger partial charge in [0.25, 0.3) is 5.91 Å². The molecule has 0 atom stereocenters. The van der Waals surface area contributed by atoms with Gasteiger partial charge in [0.05, 0.1) is 12.2 Å². The molecule has 136 valence electrons. The first-order chi connectivity index (χ1) is 12.4. The molecule has 2 heterocycles. The number of nitrogens with zero attached hydrogens (tertiary/aromatic N) is 3. The van der Waals surface area contributed by atoms with E-state index >= 15 is 0 Å². The van der Waals surface area contributed by atoms with Gasteiger partial charge < -0.3 is 9.88 Å². The van der Waals surface area contributed by atoms with Gasteiger partial charge in [0.2, 0.25) is 0 Å². The maximum absolute atomic E-state index is 13.6. The molecule has 0 spiro atoms. The zero-order chi connectivity index (χ0) is 18.7. The van der Waals surface area contributed by atoms with Crippen LogP contribution < -0.4 is 5.32 Å². The van der Waals surface area contributed by atoms with Gasteiger partial charge in [-0.25, -0.2) is 13.8 Å². The van der Waals surface area contributed by atoms with Gasteiger partial charge in [-0.1, -0.05) is 13.8 Å². The number of benzene rings is 1. The Bertz CT molecular complexity index is 916. The molecule has 0 aliphatic rings. The quantitative estimate of drug-likeness (QED) is 0.710. The van der Waals surface area contributed by atoms with Crippen LogP contribution in [0.1, 0.15) is 47.3 Å². The first-order valence-corrected chi connectivity index (χ1v) is 8.21. The van der Waals surface area contributed by atoms with Gasteiger partial charge in [0, 0.05) is 30.4 Å². The zero-order valence-electron chi connectivity index (χ0n) is 14.5. The van der Waals surface area contributed by atoms with Crippen LogP contribution in [0.3, 0.4) is 0 Å². The fraction of sp³-hybridized carbons (Fsp3) is 0.278. The lowest BCUT2D eigenvalue weighted by Crippen LogP contribution is -2.23. The number of rotatable bonds is 6. The van der Waals surface area contributed by atoms with E-state index in [0.717, 1.165) is 29.7 Å². The summed E-state index contributed by atoms with van der Waals surface area (Å²) in [5, 5.41) is 9.34. The maximum Gasteiger partial charge on any atom is 0.272 e. The smallest absolute Gasteiger partial charge is 0.272 e. The lowest BCUT2D eigenvalue weighted by molar-refractivity contribution is 0.0945. The summed E-state index contributed by atoms with van der Waals surface area (Å²) in [6.45, 7) is 4.49. The van der Waals surface area contributed by atoms with Crippen molar-refractivity contribution in [2.45, 2.75) is 32.9 Å². The van der Waals surface area contributed by atoms with Crippen LogP contribution in [0, 0.1) is 11.6 Å². The minimum absolute atomic E-state index is 0.0779. The van der Waals surface area contributed by atoms with Crippen molar-refractivity contribution in [2.24, 2.45) is 0 Å². The SMILES string of the molecule is CC(C)c1nccn1Cc1cc(C(=O)NCc2cc(F)ccc2F)n[nH]1. The highest BCUT2D eigenvalue weighted by Crippen LogP contribution is 2.14. The Morgan fingerprint density at radius 3 is 2.88 bits per heavy atom. The predicted octanol–water partition coefficient (Wildman–Crippen LogP) is 2.99. The largest absolute Gasteiger partial charge is 0.346 e. The zero-order valence-corrected chi connectivity index (χ0v) is 14.5. The summed E-state index contributed by atoms with van der Waals surface area (Å²) in [6, 6.07) is 4.74. The lowest BCUT2D eigenvalue weighted by Gasteiger charge is -2.08. The third-order valence-electron chi connectivity index (χ3n) is 3.92. The molecule has 1 amide bonds. The Morgan fingerprint density at radius 1 is 1.31 bits per heavy atom. The molecule has 2 N–H and O–H groups in total. The molecule has 0 saturated carbocycles. The Labute approximate surface area is 149 Å². The van der Waals surface area contributed by atoms with Crippen molar-refractivity contribution in [3.05, 3.63) is 71.1 Å². The average Bonchev–Trinajstić information content (AvgIpc) is 3.25. The first kappa shape index (κ1) is 17.8. The van der Waals surface area contributed by atoms with Crippen LogP contribution in [0.15, 0.2) is 36.7 Å². The number of amides is 1. The number of hydrogen-bond donors (Lipinski definition) is 2. The topological polar surface area (TPSA) is 75.6 Å². The summed E-state index contributed by atoms with van der Waals surface area (Å²) in [7, 11) is 0. The van der Waals surface area contributed by atoms with Crippen LogP contribution in [0.25, 0.3) is 0 Å². The molecule has 0 aliphatic carbocycles. The van der Waals surface area contributed by atoms with Crippen molar-refractivity contribution in [1.82, 2.24) is 25.1 Å². The molecule has 1 aromatic carbocycles. The number of H-pyrrole nitrogens is 1. The molecule has 26 heavy (non-hydrogen) atoms. The fourth-order valence-corrected chi connectivity index (χ4v) is 2.64. The molecule has 6 nitrogen and oxygen atoms in total. The fourth-order valence-electron chi connectivity index (χ4n) is 2.64. The van der Waals surface area contributed by atoms with E-state index in [1.54, 1.807) is 12.3 Å². The van der Waals surface area contributed by atoms with E-state index in [1.807, 2.05) is 10.8 Å². The summed E-state index contributed by atoms with van der Waals surface area (Å²) in [6.07, 6.45) is 3.59. The molecule has 8 heteroatoms. The summed E-state index contributed by atoms with van der Waals surface area (Å²) in [5.74, 6) is -0.385. The number of carbonyl (C=O) groups excluding carboxylic acids is 1. The molecule has 3 rings (SSSR count). The highest BCUT2D eigenvalue weighted by atomic mass is 19.1. The van der Waals surface area contributed by atoms with E-state index in [2.05, 4.69) is 34.3 Å². The number of aromatic nitrogens is 4. The number of carbonyl (C=O) groups is 1. The van der Waals surface area contributed by atoms with E-state index in [-0.39, 0.29) is 23.7 Å². The second-order valence-corrected chi connectivity index (χ2v) is 6.26. The molecule has 0 radical (unpaired) electrons. The summed E-state index contributed by atoms with van der Waals surface area (Å²) >= 11 is 0. The van der Waals surface area contributed by atoms with Gasteiger partial charge in [-0.15, -0.1) is 0 Å². The van der Waals surface area contributed by atoms with Crippen molar-refractivity contribution in [3.63, 3.8) is 0 Å². The molecule has 3 aromatic rings. The predicted molar refractivity (Wildman–Crippen MR) is 91.5 cm³/mol. The van der Waals surface area contributed by atoms with Crippen LogP contribution in [0.5, 0.6) is 0 Å². The normalized spacial score (nSPS) is 11.1. The Morgan fingerprint density at radius 2 is 2.12 bits per heavy atom. The van der Waals surface area contributed by atoms with Crippen LogP contribution >= 0.6 is 0 Å².